The molecule has 1 N–H and O–H groups in total. The van der Waals surface area contributed by atoms with Crippen LogP contribution in [0, 0.1) is 6.92 Å². The number of hydrogen-bond acceptors (Lipinski definition) is 4. The van der Waals surface area contributed by atoms with E-state index in [4.69, 9.17) is 4.55 Å². The van der Waals surface area contributed by atoms with Gasteiger partial charge in [-0.1, -0.05) is 24.6 Å². The molecule has 1 unspecified atom stereocenters. The Labute approximate surface area is 108 Å². The van der Waals surface area contributed by atoms with Crippen molar-refractivity contribution >= 4 is 20.0 Å². The van der Waals surface area contributed by atoms with Gasteiger partial charge < -0.3 is 0 Å². The molecule has 1 aromatic rings. The minimum atomic E-state index is -4.43. The molecule has 0 aliphatic heterocycles. The molecule has 0 aliphatic rings. The number of aryl methyl sites for hydroxylation is 1. The summed E-state index contributed by atoms with van der Waals surface area (Å²) in [4.78, 5) is -0.342. The maximum atomic E-state index is 11.7. The molecule has 18 heavy (non-hydrogen) atoms. The Morgan fingerprint density at radius 2 is 1.78 bits per heavy atom. The lowest BCUT2D eigenvalue weighted by Crippen LogP contribution is -2.15. The molecule has 7 heteroatoms. The van der Waals surface area contributed by atoms with E-state index in [0.29, 0.717) is 0 Å². The summed E-state index contributed by atoms with van der Waals surface area (Å²) in [6.45, 7) is 3.38. The molecule has 1 rings (SSSR count). The van der Waals surface area contributed by atoms with Crippen LogP contribution < -0.4 is 0 Å². The van der Waals surface area contributed by atoms with Crippen molar-refractivity contribution < 1.29 is 21.4 Å². The maximum absolute atomic E-state index is 11.7. The highest BCUT2D eigenvalue weighted by Crippen LogP contribution is 2.31. The van der Waals surface area contributed by atoms with Crippen molar-refractivity contribution in [3.63, 3.8) is 0 Å². The molecule has 0 spiro atoms. The van der Waals surface area contributed by atoms with Crippen LogP contribution in [0.4, 0.5) is 0 Å². The Morgan fingerprint density at radius 3 is 2.17 bits per heavy atom. The van der Waals surface area contributed by atoms with Crippen LogP contribution in [0.15, 0.2) is 23.1 Å². The lowest BCUT2D eigenvalue weighted by molar-refractivity contribution is 0.481. The van der Waals surface area contributed by atoms with Gasteiger partial charge in [0.25, 0.3) is 10.1 Å². The SMILES string of the molecule is CCC(c1cc(C)ccc1S(=O)(=O)O)S(C)(=O)=O. The summed E-state index contributed by atoms with van der Waals surface area (Å²) in [7, 11) is -7.87. The van der Waals surface area contributed by atoms with Gasteiger partial charge in [-0.3, -0.25) is 4.55 Å². The van der Waals surface area contributed by atoms with Gasteiger partial charge in [-0.2, -0.15) is 8.42 Å². The topological polar surface area (TPSA) is 88.5 Å². The minimum Gasteiger partial charge on any atom is -0.282 e. The highest BCUT2D eigenvalue weighted by molar-refractivity contribution is 7.91. The molecule has 0 amide bonds. The van der Waals surface area contributed by atoms with Crippen LogP contribution in [0.2, 0.25) is 0 Å². The zero-order chi connectivity index (χ0) is 14.1. The van der Waals surface area contributed by atoms with Crippen LogP contribution in [0.5, 0.6) is 0 Å². The summed E-state index contributed by atoms with van der Waals surface area (Å²) in [6.07, 6.45) is 1.29. The maximum Gasteiger partial charge on any atom is 0.294 e. The van der Waals surface area contributed by atoms with Crippen LogP contribution in [0.1, 0.15) is 29.7 Å². The minimum absolute atomic E-state index is 0.127. The lowest BCUT2D eigenvalue weighted by Gasteiger charge is -2.16. The standard InChI is InChI=1S/C11H16O5S2/c1-4-10(17(3,12)13)9-7-8(2)5-6-11(9)18(14,15)16/h5-7,10H,4H2,1-3H3,(H,14,15,16). The molecule has 0 saturated carbocycles. The highest BCUT2D eigenvalue weighted by Gasteiger charge is 2.27. The Bertz CT molecular complexity index is 644. The van der Waals surface area contributed by atoms with E-state index in [1.54, 1.807) is 13.8 Å². The second-order valence-corrected chi connectivity index (χ2v) is 7.86. The molecule has 0 aromatic heterocycles. The Kier molecular flexibility index (Phi) is 4.19. The van der Waals surface area contributed by atoms with Crippen molar-refractivity contribution in [3.8, 4) is 0 Å². The second-order valence-electron chi connectivity index (χ2n) is 4.24. The fourth-order valence-corrected chi connectivity index (χ4v) is 3.98. The van der Waals surface area contributed by atoms with E-state index in [1.807, 2.05) is 0 Å². The average Bonchev–Trinajstić information content (AvgIpc) is 2.14. The largest absolute Gasteiger partial charge is 0.294 e. The molecule has 102 valence electrons. The molecule has 0 aliphatic carbocycles. The third kappa shape index (κ3) is 3.30. The first-order valence-corrected chi connectivity index (χ1v) is 8.73. The van der Waals surface area contributed by atoms with Gasteiger partial charge in [0.1, 0.15) is 0 Å². The van der Waals surface area contributed by atoms with Crippen molar-refractivity contribution in [2.24, 2.45) is 0 Å². The monoisotopic (exact) mass is 292 g/mol. The number of hydrogen-bond donors (Lipinski definition) is 1. The van der Waals surface area contributed by atoms with E-state index < -0.39 is 25.2 Å². The fourth-order valence-electron chi connectivity index (χ4n) is 1.91. The first-order valence-electron chi connectivity index (χ1n) is 5.34. The Balaban J connectivity index is 3.62. The Morgan fingerprint density at radius 1 is 1.22 bits per heavy atom. The predicted octanol–water partition coefficient (Wildman–Crippen LogP) is 1.74. The van der Waals surface area contributed by atoms with E-state index in [1.165, 1.54) is 18.2 Å². The highest BCUT2D eigenvalue weighted by atomic mass is 32.2. The molecular weight excluding hydrogens is 276 g/mol. The van der Waals surface area contributed by atoms with Crippen molar-refractivity contribution in [2.45, 2.75) is 30.4 Å². The summed E-state index contributed by atoms with van der Waals surface area (Å²) >= 11 is 0. The summed E-state index contributed by atoms with van der Waals surface area (Å²) in [6, 6.07) is 4.23. The third-order valence-electron chi connectivity index (χ3n) is 2.68. The van der Waals surface area contributed by atoms with E-state index in [0.717, 1.165) is 11.8 Å². The quantitative estimate of drug-likeness (QED) is 0.854. The van der Waals surface area contributed by atoms with Crippen LogP contribution in [0.3, 0.4) is 0 Å². The second kappa shape index (κ2) is 4.99. The van der Waals surface area contributed by atoms with E-state index in [9.17, 15) is 16.8 Å². The van der Waals surface area contributed by atoms with E-state index >= 15 is 0 Å². The molecule has 0 radical (unpaired) electrons. The first kappa shape index (κ1) is 15.1. The molecule has 0 fully saturated rings. The predicted molar refractivity (Wildman–Crippen MR) is 68.9 cm³/mol. The van der Waals surface area contributed by atoms with Gasteiger partial charge >= 0.3 is 0 Å². The molecule has 1 aromatic carbocycles. The average molecular weight is 292 g/mol. The van der Waals surface area contributed by atoms with E-state index in [2.05, 4.69) is 0 Å². The molecule has 0 heterocycles. The first-order chi connectivity index (χ1) is 8.07. The van der Waals surface area contributed by atoms with Gasteiger partial charge in [-0.25, -0.2) is 8.42 Å². The van der Waals surface area contributed by atoms with Crippen LogP contribution >= 0.6 is 0 Å². The summed E-state index contributed by atoms with van der Waals surface area (Å²) in [5.41, 5.74) is 0.863. The van der Waals surface area contributed by atoms with Crippen molar-refractivity contribution in [1.29, 1.82) is 0 Å². The van der Waals surface area contributed by atoms with Crippen LogP contribution in [0.25, 0.3) is 0 Å². The van der Waals surface area contributed by atoms with Gasteiger partial charge in [0.2, 0.25) is 0 Å². The molecule has 0 bridgehead atoms. The number of benzene rings is 1. The van der Waals surface area contributed by atoms with Crippen LogP contribution in [-0.2, 0) is 20.0 Å². The zero-order valence-electron chi connectivity index (χ0n) is 10.4. The van der Waals surface area contributed by atoms with Gasteiger partial charge in [-0.05, 0) is 25.0 Å². The smallest absolute Gasteiger partial charge is 0.282 e. The lowest BCUT2D eigenvalue weighted by atomic mass is 10.1. The van der Waals surface area contributed by atoms with Gasteiger partial charge in [0.05, 0.1) is 10.1 Å². The zero-order valence-corrected chi connectivity index (χ0v) is 12.0. The normalized spacial score (nSPS) is 14.4. The van der Waals surface area contributed by atoms with Gasteiger partial charge in [-0.15, -0.1) is 0 Å². The number of rotatable bonds is 4. The molecule has 0 saturated heterocycles. The Hall–Kier alpha value is -0.920. The molecule has 5 nitrogen and oxygen atoms in total. The van der Waals surface area contributed by atoms with Crippen molar-refractivity contribution in [2.75, 3.05) is 6.26 Å². The van der Waals surface area contributed by atoms with Crippen molar-refractivity contribution in [3.05, 3.63) is 29.3 Å². The third-order valence-corrected chi connectivity index (χ3v) is 5.23. The molecule has 1 atom stereocenters. The summed E-state index contributed by atoms with van der Waals surface area (Å²) in [5, 5.41) is -0.936. The van der Waals surface area contributed by atoms with Crippen LogP contribution in [-0.4, -0.2) is 27.6 Å². The summed E-state index contributed by atoms with van der Waals surface area (Å²) in [5.74, 6) is 0. The number of sulfone groups is 1. The summed E-state index contributed by atoms with van der Waals surface area (Å²) < 4.78 is 55.0. The molecular formula is C11H16O5S2. The van der Waals surface area contributed by atoms with Gasteiger partial charge in [0.15, 0.2) is 9.84 Å². The van der Waals surface area contributed by atoms with E-state index in [-0.39, 0.29) is 16.9 Å². The fraction of sp³-hybridized carbons (Fsp3) is 0.455. The van der Waals surface area contributed by atoms with Gasteiger partial charge in [0, 0.05) is 6.26 Å². The van der Waals surface area contributed by atoms with Crippen molar-refractivity contribution in [1.82, 2.24) is 0 Å².